The maximum absolute atomic E-state index is 5.18. The predicted molar refractivity (Wildman–Crippen MR) is 59.0 cm³/mol. The average Bonchev–Trinajstić information content (AvgIpc) is 2.99. The molecule has 5 nitrogen and oxygen atoms in total. The molecule has 80 valence electrons. The summed E-state index contributed by atoms with van der Waals surface area (Å²) in [4.78, 5) is 15.5. The number of H-pyrrole nitrogens is 1. The lowest BCUT2D eigenvalue weighted by Crippen LogP contribution is -1.87. The minimum Gasteiger partial charge on any atom is -0.443 e. The Hall–Kier alpha value is -1.95. The maximum Gasteiger partial charge on any atom is 0.245 e. The van der Waals surface area contributed by atoms with Crippen molar-refractivity contribution < 1.29 is 4.42 Å². The monoisotopic (exact) mass is 232 g/mol. The molecule has 0 aliphatic rings. The number of oxazole rings is 1. The van der Waals surface area contributed by atoms with Gasteiger partial charge < -0.3 is 9.40 Å². The summed E-state index contributed by atoms with van der Waals surface area (Å²) in [6.07, 6.45) is 7.38. The standard InChI is InChI=1S/C10H8N4OS/c1-2-15-10(12-1)8-5-16-9(14-8)3-7-4-11-6-13-7/h1-2,4-6H,3H2,(H,11,13). The third kappa shape index (κ3) is 1.74. The summed E-state index contributed by atoms with van der Waals surface area (Å²) < 4.78 is 5.18. The second kappa shape index (κ2) is 3.90. The number of nitrogens with one attached hydrogen (secondary N) is 1. The van der Waals surface area contributed by atoms with E-state index in [1.807, 2.05) is 5.38 Å². The Morgan fingerprint density at radius 1 is 1.44 bits per heavy atom. The van der Waals surface area contributed by atoms with Crippen molar-refractivity contribution >= 4 is 11.3 Å². The van der Waals surface area contributed by atoms with Gasteiger partial charge in [-0.3, -0.25) is 0 Å². The van der Waals surface area contributed by atoms with Crippen LogP contribution >= 0.6 is 11.3 Å². The van der Waals surface area contributed by atoms with Gasteiger partial charge in [0.1, 0.15) is 12.0 Å². The highest BCUT2D eigenvalue weighted by molar-refractivity contribution is 7.09. The minimum absolute atomic E-state index is 0.562. The van der Waals surface area contributed by atoms with Gasteiger partial charge in [-0.2, -0.15) is 0 Å². The highest BCUT2D eigenvalue weighted by atomic mass is 32.1. The Morgan fingerprint density at radius 3 is 3.19 bits per heavy atom. The highest BCUT2D eigenvalue weighted by Crippen LogP contribution is 2.21. The van der Waals surface area contributed by atoms with Crippen LogP contribution in [0.25, 0.3) is 11.6 Å². The summed E-state index contributed by atoms with van der Waals surface area (Å²) in [6, 6.07) is 0. The lowest BCUT2D eigenvalue weighted by Gasteiger charge is -1.90. The van der Waals surface area contributed by atoms with Gasteiger partial charge in [0.2, 0.25) is 5.89 Å². The number of imidazole rings is 1. The molecule has 0 amide bonds. The Morgan fingerprint density at radius 2 is 2.44 bits per heavy atom. The molecule has 3 heterocycles. The molecule has 0 unspecified atom stereocenters. The van der Waals surface area contributed by atoms with Crippen LogP contribution in [-0.2, 0) is 6.42 Å². The lowest BCUT2D eigenvalue weighted by molar-refractivity contribution is 0.572. The van der Waals surface area contributed by atoms with E-state index in [4.69, 9.17) is 4.42 Å². The van der Waals surface area contributed by atoms with Gasteiger partial charge in [-0.15, -0.1) is 11.3 Å². The van der Waals surface area contributed by atoms with E-state index >= 15 is 0 Å². The van der Waals surface area contributed by atoms with Gasteiger partial charge in [0.15, 0.2) is 0 Å². The number of hydrogen-bond acceptors (Lipinski definition) is 5. The molecule has 6 heteroatoms. The van der Waals surface area contributed by atoms with Gasteiger partial charge in [0, 0.05) is 23.7 Å². The molecule has 1 N–H and O–H groups in total. The third-order valence-electron chi connectivity index (χ3n) is 2.10. The van der Waals surface area contributed by atoms with Crippen molar-refractivity contribution in [2.45, 2.75) is 6.42 Å². The molecular weight excluding hydrogens is 224 g/mol. The zero-order chi connectivity index (χ0) is 10.8. The molecule has 0 atom stereocenters. The summed E-state index contributed by atoms with van der Waals surface area (Å²) >= 11 is 1.59. The van der Waals surface area contributed by atoms with E-state index in [-0.39, 0.29) is 0 Å². The fourth-order valence-corrected chi connectivity index (χ4v) is 2.18. The van der Waals surface area contributed by atoms with E-state index in [2.05, 4.69) is 19.9 Å². The molecule has 0 saturated carbocycles. The predicted octanol–water partition coefficient (Wildman–Crippen LogP) is 2.11. The topological polar surface area (TPSA) is 67.6 Å². The van der Waals surface area contributed by atoms with Crippen molar-refractivity contribution in [1.29, 1.82) is 0 Å². The zero-order valence-corrected chi connectivity index (χ0v) is 9.07. The van der Waals surface area contributed by atoms with E-state index in [1.54, 1.807) is 36.3 Å². The first-order chi connectivity index (χ1) is 7.92. The van der Waals surface area contributed by atoms with Crippen molar-refractivity contribution in [3.63, 3.8) is 0 Å². The van der Waals surface area contributed by atoms with Gasteiger partial charge in [0.25, 0.3) is 0 Å². The zero-order valence-electron chi connectivity index (χ0n) is 8.25. The summed E-state index contributed by atoms with van der Waals surface area (Å²) in [6.45, 7) is 0. The maximum atomic E-state index is 5.18. The smallest absolute Gasteiger partial charge is 0.245 e. The van der Waals surface area contributed by atoms with Crippen molar-refractivity contribution in [3.8, 4) is 11.6 Å². The molecule has 0 aliphatic heterocycles. The van der Waals surface area contributed by atoms with Crippen molar-refractivity contribution in [2.75, 3.05) is 0 Å². The molecule has 0 aliphatic carbocycles. The fraction of sp³-hybridized carbons (Fsp3) is 0.100. The Kier molecular flexibility index (Phi) is 2.26. The molecule has 0 aromatic carbocycles. The summed E-state index contributed by atoms with van der Waals surface area (Å²) in [7, 11) is 0. The van der Waals surface area contributed by atoms with E-state index < -0.39 is 0 Å². The molecule has 0 fully saturated rings. The van der Waals surface area contributed by atoms with Gasteiger partial charge in [-0.25, -0.2) is 15.0 Å². The molecule has 16 heavy (non-hydrogen) atoms. The van der Waals surface area contributed by atoms with Gasteiger partial charge in [-0.05, 0) is 0 Å². The Labute approximate surface area is 95.2 Å². The number of rotatable bonds is 3. The summed E-state index contributed by atoms with van der Waals surface area (Å²) in [5.74, 6) is 0.562. The molecule has 0 spiro atoms. The summed E-state index contributed by atoms with van der Waals surface area (Å²) in [5, 5.41) is 2.95. The van der Waals surface area contributed by atoms with E-state index in [1.165, 1.54) is 0 Å². The van der Waals surface area contributed by atoms with E-state index in [0.717, 1.165) is 22.8 Å². The second-order valence-electron chi connectivity index (χ2n) is 3.22. The first-order valence-electron chi connectivity index (χ1n) is 4.73. The SMILES string of the molecule is c1coc(-c2csc(Cc3cnc[nH]3)n2)n1. The van der Waals surface area contributed by atoms with Crippen LogP contribution in [0.5, 0.6) is 0 Å². The molecule has 3 aromatic heterocycles. The van der Waals surface area contributed by atoms with Crippen LogP contribution in [0, 0.1) is 0 Å². The molecule has 3 rings (SSSR count). The van der Waals surface area contributed by atoms with Crippen LogP contribution in [0.2, 0.25) is 0 Å². The number of aromatic amines is 1. The van der Waals surface area contributed by atoms with Crippen LogP contribution in [-0.4, -0.2) is 19.9 Å². The third-order valence-corrected chi connectivity index (χ3v) is 2.95. The van der Waals surface area contributed by atoms with Crippen LogP contribution in [0.4, 0.5) is 0 Å². The number of aromatic nitrogens is 4. The van der Waals surface area contributed by atoms with Crippen molar-refractivity contribution in [1.82, 2.24) is 19.9 Å². The fourth-order valence-electron chi connectivity index (χ4n) is 1.38. The number of nitrogens with zero attached hydrogens (tertiary/aromatic N) is 3. The van der Waals surface area contributed by atoms with Crippen molar-refractivity contribution in [3.05, 3.63) is 41.1 Å². The molecule has 0 saturated heterocycles. The normalized spacial score (nSPS) is 10.8. The number of hydrogen-bond donors (Lipinski definition) is 1. The summed E-state index contributed by atoms with van der Waals surface area (Å²) in [5.41, 5.74) is 1.83. The molecule has 0 radical (unpaired) electrons. The Bertz CT molecular complexity index is 555. The van der Waals surface area contributed by atoms with E-state index in [0.29, 0.717) is 5.89 Å². The second-order valence-corrected chi connectivity index (χ2v) is 4.16. The molecule has 0 bridgehead atoms. The van der Waals surface area contributed by atoms with Gasteiger partial charge >= 0.3 is 0 Å². The molecule has 3 aromatic rings. The Balaban J connectivity index is 1.83. The lowest BCUT2D eigenvalue weighted by atomic mass is 10.3. The highest BCUT2D eigenvalue weighted by Gasteiger charge is 2.08. The van der Waals surface area contributed by atoms with Crippen LogP contribution in [0.1, 0.15) is 10.7 Å². The van der Waals surface area contributed by atoms with Crippen LogP contribution < -0.4 is 0 Å². The molecular formula is C10H8N4OS. The van der Waals surface area contributed by atoms with Gasteiger partial charge in [-0.1, -0.05) is 0 Å². The first-order valence-corrected chi connectivity index (χ1v) is 5.61. The average molecular weight is 232 g/mol. The van der Waals surface area contributed by atoms with Crippen molar-refractivity contribution in [2.24, 2.45) is 0 Å². The quantitative estimate of drug-likeness (QED) is 0.751. The number of thiazole rings is 1. The minimum atomic E-state index is 0.562. The first kappa shape index (κ1) is 9.29. The van der Waals surface area contributed by atoms with E-state index in [9.17, 15) is 0 Å². The van der Waals surface area contributed by atoms with Crippen LogP contribution in [0.3, 0.4) is 0 Å². The van der Waals surface area contributed by atoms with Gasteiger partial charge in [0.05, 0.1) is 17.5 Å². The largest absolute Gasteiger partial charge is 0.443 e. The van der Waals surface area contributed by atoms with Crippen LogP contribution in [0.15, 0.2) is 34.8 Å².